The third-order valence-electron chi connectivity index (χ3n) is 2.68. The summed E-state index contributed by atoms with van der Waals surface area (Å²) < 4.78 is 13.7. The Morgan fingerprint density at radius 2 is 2.30 bits per heavy atom. The van der Waals surface area contributed by atoms with E-state index < -0.39 is 11.7 Å². The Morgan fingerprint density at radius 1 is 1.55 bits per heavy atom. The van der Waals surface area contributed by atoms with Crippen molar-refractivity contribution in [2.45, 2.75) is 19.4 Å². The summed E-state index contributed by atoms with van der Waals surface area (Å²) in [6, 6.07) is 4.25. The number of amides is 1. The second kappa shape index (κ2) is 8.62. The van der Waals surface area contributed by atoms with Crippen LogP contribution < -0.4 is 11.1 Å². The first kappa shape index (κ1) is 16.5. The van der Waals surface area contributed by atoms with Crippen molar-refractivity contribution < 1.29 is 9.18 Å². The fourth-order valence-corrected chi connectivity index (χ4v) is 2.19. The first-order chi connectivity index (χ1) is 9.58. The number of rotatable bonds is 5. The van der Waals surface area contributed by atoms with Gasteiger partial charge in [-0.1, -0.05) is 11.8 Å². The van der Waals surface area contributed by atoms with Crippen LogP contribution >= 0.6 is 11.8 Å². The molecule has 3 nitrogen and oxygen atoms in total. The van der Waals surface area contributed by atoms with Crippen LogP contribution in [0.15, 0.2) is 18.2 Å². The zero-order valence-electron chi connectivity index (χ0n) is 11.7. The third kappa shape index (κ3) is 5.24. The highest BCUT2D eigenvalue weighted by Crippen LogP contribution is 2.11. The van der Waals surface area contributed by atoms with Crippen LogP contribution in [0.5, 0.6) is 0 Å². The second-order valence-corrected chi connectivity index (χ2v) is 5.34. The molecule has 0 saturated heterocycles. The van der Waals surface area contributed by atoms with Crippen molar-refractivity contribution in [2.75, 3.05) is 18.6 Å². The summed E-state index contributed by atoms with van der Waals surface area (Å²) in [5.74, 6) is 5.47. The highest BCUT2D eigenvalue weighted by Gasteiger charge is 2.14. The molecule has 0 saturated carbocycles. The molecule has 0 fully saturated rings. The van der Waals surface area contributed by atoms with Gasteiger partial charge in [0.1, 0.15) is 5.82 Å². The van der Waals surface area contributed by atoms with Gasteiger partial charge in [0, 0.05) is 11.6 Å². The van der Waals surface area contributed by atoms with Crippen LogP contribution in [-0.4, -0.2) is 30.5 Å². The zero-order chi connectivity index (χ0) is 15.0. The molecular formula is C15H19FN2OS. The van der Waals surface area contributed by atoms with E-state index in [9.17, 15) is 9.18 Å². The number of nitrogens with two attached hydrogens (primary N) is 1. The molecule has 0 aliphatic heterocycles. The summed E-state index contributed by atoms with van der Waals surface area (Å²) in [6.07, 6.45) is 2.86. The summed E-state index contributed by atoms with van der Waals surface area (Å²) in [4.78, 5) is 12.0. The van der Waals surface area contributed by atoms with Gasteiger partial charge in [-0.05, 0) is 43.6 Å². The zero-order valence-corrected chi connectivity index (χ0v) is 12.5. The van der Waals surface area contributed by atoms with Crippen LogP contribution in [0.2, 0.25) is 0 Å². The lowest BCUT2D eigenvalue weighted by atomic mass is 10.1. The fraction of sp³-hybridized carbons (Fsp3) is 0.400. The molecule has 108 valence electrons. The van der Waals surface area contributed by atoms with Crippen molar-refractivity contribution in [3.63, 3.8) is 0 Å². The summed E-state index contributed by atoms with van der Waals surface area (Å²) >= 11 is 1.71. The van der Waals surface area contributed by atoms with Crippen LogP contribution in [0.25, 0.3) is 0 Å². The SMILES string of the molecule is CSCCC(C)NC(=O)c1cc(C#CCN)ccc1F. The molecule has 0 aromatic heterocycles. The van der Waals surface area contributed by atoms with Crippen molar-refractivity contribution in [2.24, 2.45) is 5.73 Å². The number of benzene rings is 1. The molecule has 0 aliphatic rings. The van der Waals surface area contributed by atoms with E-state index in [4.69, 9.17) is 5.73 Å². The van der Waals surface area contributed by atoms with Gasteiger partial charge in [0.15, 0.2) is 0 Å². The standard InChI is InChI=1S/C15H19FN2OS/c1-11(7-9-20-2)18-15(19)13-10-12(4-3-8-17)5-6-14(13)16/h5-6,10-11H,7-9,17H2,1-2H3,(H,18,19). The highest BCUT2D eigenvalue weighted by molar-refractivity contribution is 7.98. The van der Waals surface area contributed by atoms with Crippen LogP contribution in [0.1, 0.15) is 29.3 Å². The summed E-state index contributed by atoms with van der Waals surface area (Å²) in [5, 5.41) is 2.79. The van der Waals surface area contributed by atoms with Crippen LogP contribution in [0, 0.1) is 17.7 Å². The molecule has 0 heterocycles. The number of hydrogen-bond donors (Lipinski definition) is 2. The Labute approximate surface area is 123 Å². The maximum Gasteiger partial charge on any atom is 0.254 e. The lowest BCUT2D eigenvalue weighted by Gasteiger charge is -2.13. The van der Waals surface area contributed by atoms with Gasteiger partial charge in [-0.2, -0.15) is 11.8 Å². The van der Waals surface area contributed by atoms with E-state index in [1.54, 1.807) is 11.8 Å². The van der Waals surface area contributed by atoms with Crippen molar-refractivity contribution in [3.8, 4) is 11.8 Å². The largest absolute Gasteiger partial charge is 0.349 e. The Balaban J connectivity index is 2.81. The fourth-order valence-electron chi connectivity index (χ4n) is 1.60. The van der Waals surface area contributed by atoms with Crippen molar-refractivity contribution in [1.29, 1.82) is 0 Å². The molecule has 1 aromatic rings. The van der Waals surface area contributed by atoms with Crippen LogP contribution in [0.4, 0.5) is 4.39 Å². The molecule has 1 atom stereocenters. The minimum absolute atomic E-state index is 0.00753. The van der Waals surface area contributed by atoms with E-state index in [1.165, 1.54) is 18.2 Å². The van der Waals surface area contributed by atoms with Crippen molar-refractivity contribution >= 4 is 17.7 Å². The lowest BCUT2D eigenvalue weighted by molar-refractivity contribution is 0.0935. The maximum absolute atomic E-state index is 13.7. The predicted octanol–water partition coefficient (Wildman–Crippen LogP) is 2.01. The minimum Gasteiger partial charge on any atom is -0.349 e. The predicted molar refractivity (Wildman–Crippen MR) is 82.3 cm³/mol. The van der Waals surface area contributed by atoms with E-state index in [0.29, 0.717) is 5.56 Å². The number of thioether (sulfide) groups is 1. The topological polar surface area (TPSA) is 55.1 Å². The Kier molecular flexibility index (Phi) is 7.13. The molecule has 0 radical (unpaired) electrons. The van der Waals surface area contributed by atoms with Crippen molar-refractivity contribution in [1.82, 2.24) is 5.32 Å². The number of carbonyl (C=O) groups is 1. The van der Waals surface area contributed by atoms with Gasteiger partial charge < -0.3 is 11.1 Å². The Hall–Kier alpha value is -1.51. The van der Waals surface area contributed by atoms with E-state index in [0.717, 1.165) is 12.2 Å². The number of halogens is 1. The van der Waals surface area contributed by atoms with Gasteiger partial charge in [0.05, 0.1) is 12.1 Å². The third-order valence-corrected chi connectivity index (χ3v) is 3.32. The van der Waals surface area contributed by atoms with E-state index in [1.807, 2.05) is 13.2 Å². The average molecular weight is 294 g/mol. The average Bonchev–Trinajstić information content (AvgIpc) is 2.44. The normalized spacial score (nSPS) is 11.4. The molecule has 0 bridgehead atoms. The van der Waals surface area contributed by atoms with E-state index >= 15 is 0 Å². The molecule has 0 aliphatic carbocycles. The molecule has 3 N–H and O–H groups in total. The van der Waals surface area contributed by atoms with Gasteiger partial charge in [-0.3, -0.25) is 4.79 Å². The molecule has 1 unspecified atom stereocenters. The van der Waals surface area contributed by atoms with Gasteiger partial charge in [0.2, 0.25) is 0 Å². The number of hydrogen-bond acceptors (Lipinski definition) is 3. The summed E-state index contributed by atoms with van der Waals surface area (Å²) in [7, 11) is 0. The molecule has 1 rings (SSSR count). The van der Waals surface area contributed by atoms with E-state index in [2.05, 4.69) is 17.2 Å². The summed E-state index contributed by atoms with van der Waals surface area (Å²) in [6.45, 7) is 2.13. The maximum atomic E-state index is 13.7. The van der Waals surface area contributed by atoms with Crippen molar-refractivity contribution in [3.05, 3.63) is 35.1 Å². The lowest BCUT2D eigenvalue weighted by Crippen LogP contribution is -2.33. The molecular weight excluding hydrogens is 275 g/mol. The van der Waals surface area contributed by atoms with E-state index in [-0.39, 0.29) is 18.2 Å². The smallest absolute Gasteiger partial charge is 0.254 e. The first-order valence-electron chi connectivity index (χ1n) is 6.36. The first-order valence-corrected chi connectivity index (χ1v) is 7.76. The Morgan fingerprint density at radius 3 is 2.95 bits per heavy atom. The molecule has 0 spiro atoms. The monoisotopic (exact) mass is 294 g/mol. The summed E-state index contributed by atoms with van der Waals surface area (Å²) in [5.41, 5.74) is 5.89. The highest BCUT2D eigenvalue weighted by atomic mass is 32.2. The molecule has 1 amide bonds. The number of nitrogens with one attached hydrogen (secondary N) is 1. The van der Waals surface area contributed by atoms with Crippen LogP contribution in [0.3, 0.4) is 0 Å². The number of carbonyl (C=O) groups excluding carboxylic acids is 1. The molecule has 1 aromatic carbocycles. The van der Waals surface area contributed by atoms with Gasteiger partial charge in [-0.15, -0.1) is 0 Å². The molecule has 20 heavy (non-hydrogen) atoms. The second-order valence-electron chi connectivity index (χ2n) is 4.36. The molecule has 5 heteroatoms. The Bertz CT molecular complexity index is 522. The van der Waals surface area contributed by atoms with Gasteiger partial charge >= 0.3 is 0 Å². The van der Waals surface area contributed by atoms with Gasteiger partial charge in [-0.25, -0.2) is 4.39 Å². The van der Waals surface area contributed by atoms with Gasteiger partial charge in [0.25, 0.3) is 5.91 Å². The minimum atomic E-state index is -0.544. The van der Waals surface area contributed by atoms with Crippen LogP contribution in [-0.2, 0) is 0 Å². The quantitative estimate of drug-likeness (QED) is 0.817.